The van der Waals surface area contributed by atoms with Gasteiger partial charge in [-0.25, -0.2) is 8.42 Å². The molecule has 0 saturated heterocycles. The first-order chi connectivity index (χ1) is 6.89. The van der Waals surface area contributed by atoms with Crippen LogP contribution in [-0.4, -0.2) is 23.0 Å². The van der Waals surface area contributed by atoms with Crippen molar-refractivity contribution in [1.29, 1.82) is 0 Å². The summed E-state index contributed by atoms with van der Waals surface area (Å²) in [6, 6.07) is 2.88. The van der Waals surface area contributed by atoms with Crippen molar-refractivity contribution in [3.05, 3.63) is 0 Å². The average Bonchev–Trinajstić information content (AvgIpc) is 2.01. The minimum absolute atomic E-state index is 0.960. The highest BCUT2D eigenvalue weighted by Crippen LogP contribution is 2.28. The zero-order valence-electron chi connectivity index (χ0n) is 10.4. The molecule has 0 N–H and O–H groups in total. The Bertz CT molecular complexity index is 245. The minimum Gasteiger partial charge on any atom is -0.315 e. The van der Waals surface area contributed by atoms with Gasteiger partial charge in [0.15, 0.2) is 0 Å². The second kappa shape index (κ2) is 6.65. The quantitative estimate of drug-likeness (QED) is 0.623. The maximum absolute atomic E-state index is 11.3. The molecule has 0 aliphatic carbocycles. The van der Waals surface area contributed by atoms with Crippen LogP contribution in [-0.2, 0) is 14.0 Å². The van der Waals surface area contributed by atoms with Crippen LogP contribution in [0, 0.1) is 0 Å². The topological polar surface area (TPSA) is 43.4 Å². The van der Waals surface area contributed by atoms with Crippen LogP contribution >= 0.6 is 0 Å². The molecule has 0 aromatic carbocycles. The van der Waals surface area contributed by atoms with Gasteiger partial charge in [-0.3, -0.25) is 0 Å². The zero-order valence-corrected chi connectivity index (χ0v) is 12.2. The molecule has 0 amide bonds. The Morgan fingerprint density at radius 2 is 1.27 bits per heavy atom. The predicted molar refractivity (Wildman–Crippen MR) is 67.0 cm³/mol. The van der Waals surface area contributed by atoms with Gasteiger partial charge in [0.1, 0.15) is 0 Å². The Morgan fingerprint density at radius 1 is 0.933 bits per heavy atom. The van der Waals surface area contributed by atoms with Crippen molar-refractivity contribution in [3.8, 4) is 0 Å². The molecule has 0 aromatic rings. The third-order valence-corrected chi connectivity index (χ3v) is 9.30. The molecule has 0 aliphatic rings. The van der Waals surface area contributed by atoms with E-state index in [1.54, 1.807) is 0 Å². The van der Waals surface area contributed by atoms with Crippen molar-refractivity contribution in [3.63, 3.8) is 0 Å². The highest BCUT2D eigenvalue weighted by molar-refractivity contribution is 7.87. The molecule has 0 unspecified atom stereocenters. The number of rotatable bonds is 8. The molecule has 0 atom stereocenters. The Labute approximate surface area is 95.5 Å². The number of hydrogen-bond donors (Lipinski definition) is 0. The van der Waals surface area contributed by atoms with E-state index in [1.165, 1.54) is 6.26 Å². The molecule has 3 nitrogen and oxygen atoms in total. The fourth-order valence-corrected chi connectivity index (χ4v) is 9.24. The van der Waals surface area contributed by atoms with E-state index in [0.717, 1.165) is 37.4 Å². The molecule has 15 heavy (non-hydrogen) atoms. The number of hydrogen-bond acceptors (Lipinski definition) is 3. The van der Waals surface area contributed by atoms with Gasteiger partial charge in [-0.1, -0.05) is 40.0 Å². The van der Waals surface area contributed by atoms with Gasteiger partial charge in [0.05, 0.1) is 6.26 Å². The molecule has 0 aromatic heterocycles. The van der Waals surface area contributed by atoms with Gasteiger partial charge in [0, 0.05) is 0 Å². The molecule has 0 saturated carbocycles. The fraction of sp³-hybridized carbons (Fsp3) is 1.00. The van der Waals surface area contributed by atoms with E-state index in [-0.39, 0.29) is 0 Å². The fourth-order valence-electron chi connectivity index (χ4n) is 2.19. The lowest BCUT2D eigenvalue weighted by molar-refractivity contribution is 0.475. The first kappa shape index (κ1) is 15.1. The van der Waals surface area contributed by atoms with Crippen molar-refractivity contribution in [1.82, 2.24) is 0 Å². The largest absolute Gasteiger partial charge is 0.315 e. The van der Waals surface area contributed by atoms with E-state index in [2.05, 4.69) is 20.8 Å². The van der Waals surface area contributed by atoms with Gasteiger partial charge >= 0.3 is 0 Å². The van der Waals surface area contributed by atoms with Crippen LogP contribution in [0.2, 0.25) is 18.1 Å². The van der Waals surface area contributed by atoms with Crippen LogP contribution in [0.5, 0.6) is 0 Å². The predicted octanol–water partition coefficient (Wildman–Crippen LogP) is 3.14. The third kappa shape index (κ3) is 6.32. The van der Waals surface area contributed by atoms with Crippen molar-refractivity contribution < 1.29 is 12.3 Å². The Hall–Kier alpha value is 0.127. The third-order valence-electron chi connectivity index (χ3n) is 2.44. The van der Waals surface area contributed by atoms with Gasteiger partial charge in [0.25, 0.3) is 10.1 Å². The lowest BCUT2D eigenvalue weighted by atomic mass is 10.6. The van der Waals surface area contributed by atoms with Crippen molar-refractivity contribution in [2.75, 3.05) is 6.26 Å². The van der Waals surface area contributed by atoms with E-state index >= 15 is 0 Å². The van der Waals surface area contributed by atoms with Gasteiger partial charge in [-0.2, -0.15) is 0 Å². The molecule has 0 fully saturated rings. The lowest BCUT2D eigenvalue weighted by Crippen LogP contribution is -2.39. The van der Waals surface area contributed by atoms with Gasteiger partial charge in [-0.05, 0) is 18.1 Å². The summed E-state index contributed by atoms with van der Waals surface area (Å²) in [6.07, 6.45) is 4.22. The van der Waals surface area contributed by atoms with E-state index < -0.39 is 18.4 Å². The minimum atomic E-state index is -3.29. The molecular weight excluding hydrogens is 228 g/mol. The molecule has 0 radical (unpaired) electrons. The normalized spacial score (nSPS) is 13.1. The molecular formula is C10H24O3SSi. The second-order valence-electron chi connectivity index (χ2n) is 4.22. The van der Waals surface area contributed by atoms with Crippen LogP contribution in [0.4, 0.5) is 0 Å². The summed E-state index contributed by atoms with van der Waals surface area (Å²) in [5.74, 6) is 0. The smallest absolute Gasteiger partial charge is 0.254 e. The zero-order chi connectivity index (χ0) is 11.9. The summed E-state index contributed by atoms with van der Waals surface area (Å²) in [6.45, 7) is 6.29. The van der Waals surface area contributed by atoms with Crippen molar-refractivity contribution in [2.24, 2.45) is 0 Å². The van der Waals surface area contributed by atoms with Crippen LogP contribution in [0.25, 0.3) is 0 Å². The summed E-state index contributed by atoms with van der Waals surface area (Å²) in [5.41, 5.74) is 0. The SMILES string of the molecule is CCC[Si](CCC)(CCC)OS(C)(=O)=O. The van der Waals surface area contributed by atoms with Crippen LogP contribution < -0.4 is 0 Å². The van der Waals surface area contributed by atoms with Gasteiger partial charge in [0.2, 0.25) is 8.32 Å². The Kier molecular flexibility index (Phi) is 6.71. The molecule has 0 heterocycles. The van der Waals surface area contributed by atoms with Gasteiger partial charge < -0.3 is 3.87 Å². The highest BCUT2D eigenvalue weighted by atomic mass is 32.2. The lowest BCUT2D eigenvalue weighted by Gasteiger charge is -2.29. The maximum Gasteiger partial charge on any atom is 0.254 e. The second-order valence-corrected chi connectivity index (χ2v) is 10.2. The standard InChI is InChI=1S/C10H24O3SSi/c1-5-8-15(9-6-2,10-7-3)13-14(4,11)12/h5-10H2,1-4H3. The van der Waals surface area contributed by atoms with Crippen LogP contribution in [0.3, 0.4) is 0 Å². The molecule has 92 valence electrons. The summed E-state index contributed by atoms with van der Waals surface area (Å²) >= 11 is 0. The Morgan fingerprint density at radius 3 is 1.47 bits per heavy atom. The molecule has 0 spiro atoms. The van der Waals surface area contributed by atoms with E-state index in [4.69, 9.17) is 3.87 Å². The highest BCUT2D eigenvalue weighted by Gasteiger charge is 2.35. The molecule has 5 heteroatoms. The maximum atomic E-state index is 11.3. The van der Waals surface area contributed by atoms with Crippen molar-refractivity contribution >= 4 is 18.4 Å². The van der Waals surface area contributed by atoms with E-state index in [1.807, 2.05) is 0 Å². The molecule has 0 aliphatic heterocycles. The monoisotopic (exact) mass is 252 g/mol. The van der Waals surface area contributed by atoms with Crippen LogP contribution in [0.1, 0.15) is 40.0 Å². The average molecular weight is 252 g/mol. The van der Waals surface area contributed by atoms with E-state index in [0.29, 0.717) is 0 Å². The van der Waals surface area contributed by atoms with Gasteiger partial charge in [-0.15, -0.1) is 0 Å². The van der Waals surface area contributed by atoms with E-state index in [9.17, 15) is 8.42 Å². The summed E-state index contributed by atoms with van der Waals surface area (Å²) in [4.78, 5) is 0. The summed E-state index contributed by atoms with van der Waals surface area (Å²) in [7, 11) is -5.31. The van der Waals surface area contributed by atoms with Crippen molar-refractivity contribution in [2.45, 2.75) is 58.2 Å². The summed E-state index contributed by atoms with van der Waals surface area (Å²) < 4.78 is 28.0. The first-order valence-electron chi connectivity index (χ1n) is 5.79. The molecule has 0 bridgehead atoms. The molecule has 0 rings (SSSR count). The summed E-state index contributed by atoms with van der Waals surface area (Å²) in [5, 5.41) is 0. The Balaban J connectivity index is 4.75. The first-order valence-corrected chi connectivity index (χ1v) is 10.1. The van der Waals surface area contributed by atoms with Crippen LogP contribution in [0.15, 0.2) is 0 Å².